The quantitative estimate of drug-likeness (QED) is 0.553. The first-order chi connectivity index (χ1) is 14.1. The maximum atomic E-state index is 12.5. The van der Waals surface area contributed by atoms with Crippen LogP contribution in [0.2, 0.25) is 0 Å². The Kier molecular flexibility index (Phi) is 8.00. The van der Waals surface area contributed by atoms with E-state index in [1.165, 1.54) is 12.8 Å². The second kappa shape index (κ2) is 10.7. The molecule has 1 aliphatic heterocycles. The molecule has 2 atom stereocenters. The number of hydrogen-bond acceptors (Lipinski definition) is 5. The number of ether oxygens (including phenoxy) is 1. The Morgan fingerprint density at radius 3 is 2.72 bits per heavy atom. The van der Waals surface area contributed by atoms with Gasteiger partial charge in [-0.1, -0.05) is 6.07 Å². The summed E-state index contributed by atoms with van der Waals surface area (Å²) in [5.41, 5.74) is 1.38. The number of nitrogens with one attached hydrogen (secondary N) is 2. The summed E-state index contributed by atoms with van der Waals surface area (Å²) in [6, 6.07) is 4.29. The smallest absolute Gasteiger partial charge is 0.270 e. The molecule has 2 N–H and O–H groups in total. The van der Waals surface area contributed by atoms with Gasteiger partial charge in [-0.3, -0.25) is 19.5 Å². The minimum absolute atomic E-state index is 0.112. The van der Waals surface area contributed by atoms with Crippen LogP contribution in [0.5, 0.6) is 0 Å². The van der Waals surface area contributed by atoms with Crippen molar-refractivity contribution < 1.29 is 14.3 Å². The molecule has 2 amide bonds. The van der Waals surface area contributed by atoms with Gasteiger partial charge in [-0.05, 0) is 56.6 Å². The van der Waals surface area contributed by atoms with Crippen LogP contribution < -0.4 is 10.6 Å². The third kappa shape index (κ3) is 6.51. The van der Waals surface area contributed by atoms with Gasteiger partial charge < -0.3 is 15.4 Å². The van der Waals surface area contributed by atoms with Crippen molar-refractivity contribution in [3.05, 3.63) is 29.6 Å². The van der Waals surface area contributed by atoms with Crippen molar-refractivity contribution >= 4 is 11.8 Å². The number of methoxy groups -OCH3 is 1. The van der Waals surface area contributed by atoms with Gasteiger partial charge in [-0.25, -0.2) is 0 Å². The largest absolute Gasteiger partial charge is 0.385 e. The van der Waals surface area contributed by atoms with Crippen molar-refractivity contribution in [2.75, 3.05) is 33.4 Å². The first-order valence-corrected chi connectivity index (χ1v) is 10.8. The molecule has 0 bridgehead atoms. The SMILES string of the molecule is COCCCNC(=O)C[C@H]1CC[C@@H](CNC(=O)c2ncccc2C)N1CC1CC1. The lowest BCUT2D eigenvalue weighted by atomic mass is 10.1. The van der Waals surface area contributed by atoms with Gasteiger partial charge in [0.2, 0.25) is 5.91 Å². The third-order valence-corrected chi connectivity index (χ3v) is 5.93. The predicted octanol–water partition coefficient (Wildman–Crippen LogP) is 1.91. The van der Waals surface area contributed by atoms with Crippen molar-refractivity contribution in [2.45, 2.75) is 57.5 Å². The Hall–Kier alpha value is -1.99. The molecular weight excluding hydrogens is 368 g/mol. The standard InChI is InChI=1S/C22H34N4O3/c1-16-5-3-10-24-21(16)22(28)25-14-19-9-8-18(26(19)15-17-6-7-17)13-20(27)23-11-4-12-29-2/h3,5,10,17-19H,4,6-9,11-15H2,1-2H3,(H,23,27)(H,25,28)/t18-,19+/m1/s1. The number of aromatic nitrogens is 1. The van der Waals surface area contributed by atoms with Crippen LogP contribution in [0, 0.1) is 12.8 Å². The average Bonchev–Trinajstić information content (AvgIpc) is 3.46. The second-order valence-corrected chi connectivity index (χ2v) is 8.30. The Balaban J connectivity index is 1.51. The van der Waals surface area contributed by atoms with E-state index in [9.17, 15) is 9.59 Å². The number of carbonyl (C=O) groups excluding carboxylic acids is 2. The van der Waals surface area contributed by atoms with Crippen molar-refractivity contribution in [3.63, 3.8) is 0 Å². The fraction of sp³-hybridized carbons (Fsp3) is 0.682. The number of carbonyl (C=O) groups is 2. The van der Waals surface area contributed by atoms with E-state index in [2.05, 4.69) is 20.5 Å². The maximum absolute atomic E-state index is 12.5. The van der Waals surface area contributed by atoms with Gasteiger partial charge in [0, 0.05) is 58.1 Å². The van der Waals surface area contributed by atoms with E-state index in [1.807, 2.05) is 19.1 Å². The van der Waals surface area contributed by atoms with Crippen LogP contribution in [0.1, 0.15) is 54.6 Å². The zero-order chi connectivity index (χ0) is 20.6. The third-order valence-electron chi connectivity index (χ3n) is 5.93. The predicted molar refractivity (Wildman–Crippen MR) is 112 cm³/mol. The average molecular weight is 403 g/mol. The molecule has 1 aromatic rings. The Morgan fingerprint density at radius 1 is 1.21 bits per heavy atom. The van der Waals surface area contributed by atoms with Crippen molar-refractivity contribution in [1.29, 1.82) is 0 Å². The van der Waals surface area contributed by atoms with Gasteiger partial charge in [-0.15, -0.1) is 0 Å². The van der Waals surface area contributed by atoms with Gasteiger partial charge in [0.15, 0.2) is 0 Å². The molecule has 3 rings (SSSR count). The van der Waals surface area contributed by atoms with E-state index in [-0.39, 0.29) is 23.9 Å². The molecule has 1 aliphatic carbocycles. The van der Waals surface area contributed by atoms with Crippen LogP contribution in [-0.4, -0.2) is 67.1 Å². The Morgan fingerprint density at radius 2 is 2.00 bits per heavy atom. The lowest BCUT2D eigenvalue weighted by Crippen LogP contribution is -2.45. The summed E-state index contributed by atoms with van der Waals surface area (Å²) < 4.78 is 5.03. The van der Waals surface area contributed by atoms with Gasteiger partial charge in [0.1, 0.15) is 5.69 Å². The van der Waals surface area contributed by atoms with E-state index in [4.69, 9.17) is 4.74 Å². The van der Waals surface area contributed by atoms with Crippen LogP contribution in [0.15, 0.2) is 18.3 Å². The zero-order valence-electron chi connectivity index (χ0n) is 17.7. The number of pyridine rings is 1. The highest BCUT2D eigenvalue weighted by Crippen LogP contribution is 2.35. The Bertz CT molecular complexity index is 692. The maximum Gasteiger partial charge on any atom is 0.270 e. The van der Waals surface area contributed by atoms with Gasteiger partial charge in [-0.2, -0.15) is 0 Å². The normalized spacial score (nSPS) is 21.9. The highest BCUT2D eigenvalue weighted by molar-refractivity contribution is 5.93. The summed E-state index contributed by atoms with van der Waals surface area (Å²) in [5.74, 6) is 0.742. The van der Waals surface area contributed by atoms with Gasteiger partial charge in [0.25, 0.3) is 5.91 Å². The molecule has 160 valence electrons. The van der Waals surface area contributed by atoms with Crippen LogP contribution in [0.25, 0.3) is 0 Å². The highest BCUT2D eigenvalue weighted by atomic mass is 16.5. The second-order valence-electron chi connectivity index (χ2n) is 8.30. The molecule has 2 aliphatic rings. The molecule has 7 heteroatoms. The molecule has 0 unspecified atom stereocenters. The number of rotatable bonds is 11. The number of aryl methyl sites for hydroxylation is 1. The zero-order valence-corrected chi connectivity index (χ0v) is 17.7. The van der Waals surface area contributed by atoms with Crippen LogP contribution >= 0.6 is 0 Å². The monoisotopic (exact) mass is 402 g/mol. The molecule has 0 radical (unpaired) electrons. The summed E-state index contributed by atoms with van der Waals surface area (Å²) >= 11 is 0. The fourth-order valence-electron chi connectivity index (χ4n) is 4.10. The van der Waals surface area contributed by atoms with E-state index < -0.39 is 0 Å². The van der Waals surface area contributed by atoms with E-state index in [1.54, 1.807) is 13.3 Å². The first kappa shape index (κ1) is 21.7. The van der Waals surface area contributed by atoms with Crippen LogP contribution in [-0.2, 0) is 9.53 Å². The summed E-state index contributed by atoms with van der Waals surface area (Å²) in [7, 11) is 1.67. The van der Waals surface area contributed by atoms with Crippen LogP contribution in [0.4, 0.5) is 0 Å². The summed E-state index contributed by atoms with van der Waals surface area (Å²) in [4.78, 5) is 31.6. The number of hydrogen-bond donors (Lipinski definition) is 2. The number of amides is 2. The van der Waals surface area contributed by atoms with Crippen molar-refractivity contribution in [1.82, 2.24) is 20.5 Å². The fourth-order valence-corrected chi connectivity index (χ4v) is 4.10. The lowest BCUT2D eigenvalue weighted by Gasteiger charge is -2.30. The molecule has 0 spiro atoms. The van der Waals surface area contributed by atoms with Gasteiger partial charge >= 0.3 is 0 Å². The Labute approximate surface area is 173 Å². The minimum Gasteiger partial charge on any atom is -0.385 e. The van der Waals surface area contributed by atoms with Gasteiger partial charge in [0.05, 0.1) is 0 Å². The molecule has 2 heterocycles. The first-order valence-electron chi connectivity index (χ1n) is 10.8. The molecule has 1 saturated heterocycles. The van der Waals surface area contributed by atoms with E-state index >= 15 is 0 Å². The topological polar surface area (TPSA) is 83.6 Å². The van der Waals surface area contributed by atoms with Crippen LogP contribution in [0.3, 0.4) is 0 Å². The molecular formula is C22H34N4O3. The summed E-state index contributed by atoms with van der Waals surface area (Å²) in [5, 5.41) is 6.07. The number of likely N-dealkylation sites (tertiary alicyclic amines) is 1. The van der Waals surface area contributed by atoms with E-state index in [0.29, 0.717) is 31.8 Å². The molecule has 0 aromatic carbocycles. The number of nitrogens with zero attached hydrogens (tertiary/aromatic N) is 2. The summed E-state index contributed by atoms with van der Waals surface area (Å²) in [6.07, 6.45) is 7.58. The highest BCUT2D eigenvalue weighted by Gasteiger charge is 2.38. The van der Waals surface area contributed by atoms with Crippen molar-refractivity contribution in [2.24, 2.45) is 5.92 Å². The molecule has 29 heavy (non-hydrogen) atoms. The summed E-state index contributed by atoms with van der Waals surface area (Å²) in [6.45, 7) is 4.86. The minimum atomic E-state index is -0.117. The van der Waals surface area contributed by atoms with Crippen molar-refractivity contribution in [3.8, 4) is 0 Å². The molecule has 1 aromatic heterocycles. The van der Waals surface area contributed by atoms with E-state index in [0.717, 1.165) is 37.3 Å². The lowest BCUT2D eigenvalue weighted by molar-refractivity contribution is -0.122. The molecule has 2 fully saturated rings. The molecule has 1 saturated carbocycles. The molecule has 7 nitrogen and oxygen atoms in total.